The fraction of sp³-hybridized carbons (Fsp3) is 0.235. The standard InChI is InChI=1S/C17H17ClN2O/c1-11-6-7-14(18)16(8-11)20-17(21)9-12-10-19-15-5-3-2-4-13(12)15/h2-8,12,19H,9-10H2,1H3,(H,20,21). The van der Waals surface area contributed by atoms with Crippen molar-refractivity contribution in [2.75, 3.05) is 17.2 Å². The number of halogens is 1. The van der Waals surface area contributed by atoms with Crippen LogP contribution in [0.1, 0.15) is 23.5 Å². The number of hydrogen-bond donors (Lipinski definition) is 2. The summed E-state index contributed by atoms with van der Waals surface area (Å²) in [4.78, 5) is 12.2. The van der Waals surface area contributed by atoms with Crippen molar-refractivity contribution in [1.29, 1.82) is 0 Å². The van der Waals surface area contributed by atoms with Crippen molar-refractivity contribution in [3.8, 4) is 0 Å². The molecular weight excluding hydrogens is 284 g/mol. The van der Waals surface area contributed by atoms with Gasteiger partial charge in [0.1, 0.15) is 0 Å². The van der Waals surface area contributed by atoms with Gasteiger partial charge >= 0.3 is 0 Å². The van der Waals surface area contributed by atoms with E-state index in [2.05, 4.69) is 16.7 Å². The molecule has 1 unspecified atom stereocenters. The fourth-order valence-corrected chi connectivity index (χ4v) is 2.86. The second-order valence-electron chi connectivity index (χ2n) is 5.40. The summed E-state index contributed by atoms with van der Waals surface area (Å²) in [5.41, 5.74) is 4.09. The average Bonchev–Trinajstić information content (AvgIpc) is 2.86. The van der Waals surface area contributed by atoms with E-state index < -0.39 is 0 Å². The Morgan fingerprint density at radius 1 is 1.33 bits per heavy atom. The first-order valence-corrected chi connectivity index (χ1v) is 7.40. The summed E-state index contributed by atoms with van der Waals surface area (Å²) in [5, 5.41) is 6.81. The molecule has 1 aliphatic heterocycles. The third-order valence-corrected chi connectivity index (χ3v) is 4.10. The lowest BCUT2D eigenvalue weighted by atomic mass is 9.97. The summed E-state index contributed by atoms with van der Waals surface area (Å²) in [6.07, 6.45) is 0.453. The van der Waals surface area contributed by atoms with E-state index in [0.717, 1.165) is 17.8 Å². The van der Waals surface area contributed by atoms with Gasteiger partial charge in [0.25, 0.3) is 0 Å². The molecule has 3 nitrogen and oxygen atoms in total. The normalized spacial score (nSPS) is 16.2. The summed E-state index contributed by atoms with van der Waals surface area (Å²) >= 11 is 6.11. The van der Waals surface area contributed by atoms with E-state index in [1.165, 1.54) is 5.56 Å². The number of rotatable bonds is 3. The van der Waals surface area contributed by atoms with Gasteiger partial charge in [-0.3, -0.25) is 4.79 Å². The Hall–Kier alpha value is -2.00. The lowest BCUT2D eigenvalue weighted by Crippen LogP contribution is -2.17. The number of carbonyl (C=O) groups is 1. The molecule has 1 heterocycles. The molecule has 0 aliphatic carbocycles. The molecule has 1 aliphatic rings. The molecule has 2 aromatic rings. The molecule has 0 saturated carbocycles. The van der Waals surface area contributed by atoms with E-state index in [9.17, 15) is 4.79 Å². The Balaban J connectivity index is 1.69. The van der Waals surface area contributed by atoms with Gasteiger partial charge in [-0.05, 0) is 36.2 Å². The Bertz CT molecular complexity index is 684. The molecule has 1 atom stereocenters. The van der Waals surface area contributed by atoms with Crippen LogP contribution in [0, 0.1) is 6.92 Å². The highest BCUT2D eigenvalue weighted by molar-refractivity contribution is 6.33. The first kappa shape index (κ1) is 14.0. The molecule has 4 heteroatoms. The maximum Gasteiger partial charge on any atom is 0.225 e. The molecule has 0 radical (unpaired) electrons. The van der Waals surface area contributed by atoms with Crippen molar-refractivity contribution in [3.05, 3.63) is 58.6 Å². The second kappa shape index (κ2) is 5.78. The SMILES string of the molecule is Cc1ccc(Cl)c(NC(=O)CC2CNc3ccccc32)c1. The van der Waals surface area contributed by atoms with Crippen molar-refractivity contribution in [2.24, 2.45) is 0 Å². The maximum absolute atomic E-state index is 12.2. The van der Waals surface area contributed by atoms with Crippen LogP contribution in [0.15, 0.2) is 42.5 Å². The number of carbonyl (C=O) groups excluding carboxylic acids is 1. The largest absolute Gasteiger partial charge is 0.384 e. The molecule has 2 aromatic carbocycles. The van der Waals surface area contributed by atoms with Gasteiger partial charge < -0.3 is 10.6 Å². The van der Waals surface area contributed by atoms with Gasteiger partial charge in [0.2, 0.25) is 5.91 Å². The molecule has 0 fully saturated rings. The number of anilines is 2. The number of nitrogens with one attached hydrogen (secondary N) is 2. The smallest absolute Gasteiger partial charge is 0.225 e. The molecule has 0 spiro atoms. The van der Waals surface area contributed by atoms with Gasteiger partial charge in [-0.15, -0.1) is 0 Å². The van der Waals surface area contributed by atoms with Gasteiger partial charge in [-0.2, -0.15) is 0 Å². The van der Waals surface area contributed by atoms with Crippen LogP contribution >= 0.6 is 11.6 Å². The minimum Gasteiger partial charge on any atom is -0.384 e. The zero-order chi connectivity index (χ0) is 14.8. The summed E-state index contributed by atoms with van der Waals surface area (Å²) < 4.78 is 0. The first-order chi connectivity index (χ1) is 10.1. The number of benzene rings is 2. The molecule has 2 N–H and O–H groups in total. The molecule has 108 valence electrons. The predicted octanol–water partition coefficient (Wildman–Crippen LogP) is 4.19. The van der Waals surface area contributed by atoms with Crippen LogP contribution in [0.3, 0.4) is 0 Å². The molecule has 1 amide bonds. The van der Waals surface area contributed by atoms with Crippen molar-refractivity contribution < 1.29 is 4.79 Å². The van der Waals surface area contributed by atoms with E-state index in [1.54, 1.807) is 6.07 Å². The molecule has 0 aromatic heterocycles. The molecule has 0 saturated heterocycles. The number of hydrogen-bond acceptors (Lipinski definition) is 2. The topological polar surface area (TPSA) is 41.1 Å². The Labute approximate surface area is 129 Å². The predicted molar refractivity (Wildman–Crippen MR) is 87.1 cm³/mol. The monoisotopic (exact) mass is 300 g/mol. The molecular formula is C17H17ClN2O. The van der Waals surface area contributed by atoms with E-state index >= 15 is 0 Å². The van der Waals surface area contributed by atoms with E-state index in [-0.39, 0.29) is 11.8 Å². The van der Waals surface area contributed by atoms with Crippen LogP contribution in [0.4, 0.5) is 11.4 Å². The highest BCUT2D eigenvalue weighted by Gasteiger charge is 2.24. The lowest BCUT2D eigenvalue weighted by molar-refractivity contribution is -0.116. The van der Waals surface area contributed by atoms with Crippen LogP contribution < -0.4 is 10.6 Å². The van der Waals surface area contributed by atoms with E-state index in [0.29, 0.717) is 17.1 Å². The number of amides is 1. The van der Waals surface area contributed by atoms with Gasteiger partial charge in [0, 0.05) is 24.6 Å². The van der Waals surface area contributed by atoms with E-state index in [4.69, 9.17) is 11.6 Å². The molecule has 21 heavy (non-hydrogen) atoms. The first-order valence-electron chi connectivity index (χ1n) is 7.02. The van der Waals surface area contributed by atoms with Gasteiger partial charge in [0.05, 0.1) is 10.7 Å². The lowest BCUT2D eigenvalue weighted by Gasteiger charge is -2.12. The summed E-state index contributed by atoms with van der Waals surface area (Å²) in [7, 11) is 0. The van der Waals surface area contributed by atoms with Crippen LogP contribution in [0.2, 0.25) is 5.02 Å². The Morgan fingerprint density at radius 2 is 2.14 bits per heavy atom. The molecule has 3 rings (SSSR count). The summed E-state index contributed by atoms with van der Waals surface area (Å²) in [6.45, 7) is 2.78. The average molecular weight is 301 g/mol. The van der Waals surface area contributed by atoms with Gasteiger partial charge in [0.15, 0.2) is 0 Å². The Kier molecular flexibility index (Phi) is 3.84. The van der Waals surface area contributed by atoms with Crippen LogP contribution in [-0.2, 0) is 4.79 Å². The van der Waals surface area contributed by atoms with Crippen molar-refractivity contribution in [3.63, 3.8) is 0 Å². The third-order valence-electron chi connectivity index (χ3n) is 3.77. The Morgan fingerprint density at radius 3 is 3.00 bits per heavy atom. The van der Waals surface area contributed by atoms with Crippen molar-refractivity contribution in [1.82, 2.24) is 0 Å². The number of para-hydroxylation sites is 1. The number of aryl methyl sites for hydroxylation is 1. The zero-order valence-electron chi connectivity index (χ0n) is 11.8. The van der Waals surface area contributed by atoms with Crippen molar-refractivity contribution >= 4 is 28.9 Å². The highest BCUT2D eigenvalue weighted by Crippen LogP contribution is 2.33. The van der Waals surface area contributed by atoms with Gasteiger partial charge in [-0.25, -0.2) is 0 Å². The number of fused-ring (bicyclic) bond motifs is 1. The van der Waals surface area contributed by atoms with Gasteiger partial charge in [-0.1, -0.05) is 35.9 Å². The van der Waals surface area contributed by atoms with E-state index in [1.807, 2.05) is 37.3 Å². The van der Waals surface area contributed by atoms with Crippen LogP contribution in [-0.4, -0.2) is 12.5 Å². The van der Waals surface area contributed by atoms with Crippen LogP contribution in [0.5, 0.6) is 0 Å². The minimum absolute atomic E-state index is 0.00833. The van der Waals surface area contributed by atoms with Crippen LogP contribution in [0.25, 0.3) is 0 Å². The molecule has 0 bridgehead atoms. The van der Waals surface area contributed by atoms with Crippen molar-refractivity contribution in [2.45, 2.75) is 19.3 Å². The fourth-order valence-electron chi connectivity index (χ4n) is 2.70. The minimum atomic E-state index is -0.00833. The third kappa shape index (κ3) is 3.03. The summed E-state index contributed by atoms with van der Waals surface area (Å²) in [5.74, 6) is 0.204. The maximum atomic E-state index is 12.2. The second-order valence-corrected chi connectivity index (χ2v) is 5.81. The highest BCUT2D eigenvalue weighted by atomic mass is 35.5. The zero-order valence-corrected chi connectivity index (χ0v) is 12.6. The summed E-state index contributed by atoms with van der Waals surface area (Å²) in [6, 6.07) is 13.8. The quantitative estimate of drug-likeness (QED) is 0.892.